The van der Waals surface area contributed by atoms with E-state index in [2.05, 4.69) is 0 Å². The molecule has 0 N–H and O–H groups in total. The fourth-order valence-electron chi connectivity index (χ4n) is 1.01. The van der Waals surface area contributed by atoms with Gasteiger partial charge in [0.15, 0.2) is 0 Å². The predicted octanol–water partition coefficient (Wildman–Crippen LogP) is 0.305. The molecule has 0 aliphatic heterocycles. The molecule has 12 heavy (non-hydrogen) atoms. The Morgan fingerprint density at radius 2 is 2.17 bits per heavy atom. The van der Waals surface area contributed by atoms with Crippen molar-refractivity contribution < 1.29 is 4.79 Å². The van der Waals surface area contributed by atoms with Crippen LogP contribution in [0, 0.1) is 0 Å². The van der Waals surface area contributed by atoms with Crippen LogP contribution in [0.25, 0.3) is 0 Å². The first-order chi connectivity index (χ1) is 5.72. The van der Waals surface area contributed by atoms with Crippen LogP contribution in [-0.4, -0.2) is 32.6 Å². The van der Waals surface area contributed by atoms with Crippen molar-refractivity contribution in [1.29, 1.82) is 0 Å². The average molecular weight is 160 g/mol. The van der Waals surface area contributed by atoms with Gasteiger partial charge < -0.3 is 4.81 Å². The largest absolute Gasteiger partial charge is 0.348 e. The summed E-state index contributed by atoms with van der Waals surface area (Å²) in [6.07, 6.45) is 0.854. The molecular weight excluding hydrogens is 149 g/mol. The summed E-state index contributed by atoms with van der Waals surface area (Å²) in [5, 5.41) is 0. The fourth-order valence-corrected chi connectivity index (χ4v) is 1.01. The molecule has 0 bridgehead atoms. The summed E-state index contributed by atoms with van der Waals surface area (Å²) in [6.45, 7) is 0. The van der Waals surface area contributed by atoms with E-state index in [1.54, 1.807) is 6.07 Å². The van der Waals surface area contributed by atoms with Gasteiger partial charge in [-0.25, -0.2) is 0 Å². The van der Waals surface area contributed by atoms with Crippen LogP contribution in [0.5, 0.6) is 0 Å². The first kappa shape index (κ1) is 9.01. The smallest absolute Gasteiger partial charge is 0.247 e. The first-order valence-corrected chi connectivity index (χ1v) is 3.79. The molecule has 2 nitrogen and oxygen atoms in total. The van der Waals surface area contributed by atoms with E-state index in [1.165, 1.54) is 0 Å². The summed E-state index contributed by atoms with van der Waals surface area (Å²) < 4.78 is 0. The van der Waals surface area contributed by atoms with Crippen molar-refractivity contribution in [2.24, 2.45) is 0 Å². The third-order valence-electron chi connectivity index (χ3n) is 1.45. The Hall–Kier alpha value is -1.09. The van der Waals surface area contributed by atoms with E-state index in [1.807, 2.05) is 44.5 Å². The molecule has 1 aromatic carbocycles. The number of rotatable bonds is 3. The monoisotopic (exact) mass is 160 g/mol. The van der Waals surface area contributed by atoms with Crippen LogP contribution < -0.4 is 5.46 Å². The normalized spacial score (nSPS) is 9.92. The van der Waals surface area contributed by atoms with Crippen LogP contribution in [-0.2, 0) is 0 Å². The third-order valence-corrected chi connectivity index (χ3v) is 1.45. The van der Waals surface area contributed by atoms with Crippen LogP contribution in [0.2, 0.25) is 0 Å². The summed E-state index contributed by atoms with van der Waals surface area (Å²) in [5.41, 5.74) is 1.76. The minimum Gasteiger partial charge on any atom is -0.348 e. The van der Waals surface area contributed by atoms with Crippen LogP contribution in [0.4, 0.5) is 0 Å². The lowest BCUT2D eigenvalue weighted by molar-refractivity contribution is 0.112. The minimum absolute atomic E-state index is 0.714. The summed E-state index contributed by atoms with van der Waals surface area (Å²) in [7, 11) is 5.87. The van der Waals surface area contributed by atoms with Crippen LogP contribution in [0.15, 0.2) is 24.3 Å². The first-order valence-electron chi connectivity index (χ1n) is 3.79. The average Bonchev–Trinajstić information content (AvgIpc) is 2.03. The number of carbonyl (C=O) groups excluding carboxylic acids is 1. The molecule has 0 aliphatic rings. The molecule has 0 saturated heterocycles. The standard InChI is InChI=1S/C9H11BNO/c1-11(2)10-9-5-3-4-8(6-9)7-12/h3-7H,1-2H3. The zero-order valence-corrected chi connectivity index (χ0v) is 7.32. The SMILES string of the molecule is CN(C)[B]c1cccc(C=O)c1. The van der Waals surface area contributed by atoms with Gasteiger partial charge in [0.1, 0.15) is 6.29 Å². The van der Waals surface area contributed by atoms with E-state index < -0.39 is 0 Å². The highest BCUT2D eigenvalue weighted by molar-refractivity contribution is 6.50. The fraction of sp³-hybridized carbons (Fsp3) is 0.222. The topological polar surface area (TPSA) is 20.3 Å². The highest BCUT2D eigenvalue weighted by Crippen LogP contribution is 1.91. The van der Waals surface area contributed by atoms with E-state index in [0.29, 0.717) is 5.56 Å². The second-order valence-electron chi connectivity index (χ2n) is 2.88. The molecule has 1 aromatic rings. The van der Waals surface area contributed by atoms with Crippen molar-refractivity contribution in [2.45, 2.75) is 0 Å². The lowest BCUT2D eigenvalue weighted by atomic mass is 9.81. The van der Waals surface area contributed by atoms with Gasteiger partial charge in [-0.05, 0) is 14.1 Å². The molecule has 0 spiro atoms. The van der Waals surface area contributed by atoms with E-state index >= 15 is 0 Å². The van der Waals surface area contributed by atoms with Gasteiger partial charge in [-0.2, -0.15) is 0 Å². The lowest BCUT2D eigenvalue weighted by Crippen LogP contribution is -2.29. The van der Waals surface area contributed by atoms with Crippen molar-refractivity contribution >= 4 is 19.2 Å². The highest BCUT2D eigenvalue weighted by Gasteiger charge is 1.98. The lowest BCUT2D eigenvalue weighted by Gasteiger charge is -2.07. The summed E-state index contributed by atoms with van der Waals surface area (Å²) in [4.78, 5) is 12.4. The quantitative estimate of drug-likeness (QED) is 0.468. The molecule has 0 aromatic heterocycles. The summed E-state index contributed by atoms with van der Waals surface area (Å²) in [6, 6.07) is 7.49. The Morgan fingerprint density at radius 3 is 2.75 bits per heavy atom. The van der Waals surface area contributed by atoms with Crippen molar-refractivity contribution in [3.8, 4) is 0 Å². The summed E-state index contributed by atoms with van der Waals surface area (Å²) >= 11 is 0. The maximum absolute atomic E-state index is 10.4. The van der Waals surface area contributed by atoms with Crippen molar-refractivity contribution in [1.82, 2.24) is 4.81 Å². The van der Waals surface area contributed by atoms with Crippen molar-refractivity contribution in [3.63, 3.8) is 0 Å². The third kappa shape index (κ3) is 2.51. The second kappa shape index (κ2) is 4.07. The minimum atomic E-state index is 0.714. The van der Waals surface area contributed by atoms with E-state index in [4.69, 9.17) is 0 Å². The number of aldehydes is 1. The number of hydrogen-bond donors (Lipinski definition) is 0. The summed E-state index contributed by atoms with van der Waals surface area (Å²) in [5.74, 6) is 0. The molecule has 0 atom stereocenters. The van der Waals surface area contributed by atoms with Gasteiger partial charge in [-0.3, -0.25) is 4.79 Å². The second-order valence-corrected chi connectivity index (χ2v) is 2.88. The molecule has 0 unspecified atom stereocenters. The Kier molecular flexibility index (Phi) is 3.05. The molecule has 0 aliphatic carbocycles. The van der Waals surface area contributed by atoms with Crippen LogP contribution in [0.3, 0.4) is 0 Å². The molecular formula is C9H11BNO. The number of carbonyl (C=O) groups is 1. The van der Waals surface area contributed by atoms with Crippen LogP contribution in [0.1, 0.15) is 10.4 Å². The van der Waals surface area contributed by atoms with Gasteiger partial charge in [0, 0.05) is 5.56 Å². The van der Waals surface area contributed by atoms with Crippen LogP contribution >= 0.6 is 0 Å². The maximum atomic E-state index is 10.4. The van der Waals surface area contributed by atoms with Gasteiger partial charge >= 0.3 is 0 Å². The van der Waals surface area contributed by atoms with E-state index in [-0.39, 0.29) is 0 Å². The molecule has 1 radical (unpaired) electrons. The highest BCUT2D eigenvalue weighted by atomic mass is 16.1. The molecule has 1 rings (SSSR count). The van der Waals surface area contributed by atoms with Gasteiger partial charge in [0.05, 0.1) is 0 Å². The predicted molar refractivity (Wildman–Crippen MR) is 50.9 cm³/mol. The Morgan fingerprint density at radius 1 is 1.42 bits per heavy atom. The van der Waals surface area contributed by atoms with Gasteiger partial charge in [-0.1, -0.05) is 29.7 Å². The molecule has 3 heteroatoms. The maximum Gasteiger partial charge on any atom is 0.247 e. The molecule has 61 valence electrons. The Balaban J connectivity index is 2.79. The zero-order chi connectivity index (χ0) is 8.97. The molecule has 0 fully saturated rings. The Bertz CT molecular complexity index is 273. The number of benzene rings is 1. The van der Waals surface area contributed by atoms with Gasteiger partial charge in [0.25, 0.3) is 0 Å². The molecule has 0 amide bonds. The van der Waals surface area contributed by atoms with Crippen molar-refractivity contribution in [3.05, 3.63) is 29.8 Å². The van der Waals surface area contributed by atoms with Crippen molar-refractivity contribution in [2.75, 3.05) is 14.1 Å². The van der Waals surface area contributed by atoms with Gasteiger partial charge in [0.2, 0.25) is 7.41 Å². The number of hydrogen-bond acceptors (Lipinski definition) is 2. The zero-order valence-electron chi connectivity index (χ0n) is 7.32. The van der Waals surface area contributed by atoms with E-state index in [0.717, 1.165) is 11.7 Å². The van der Waals surface area contributed by atoms with E-state index in [9.17, 15) is 4.79 Å². The van der Waals surface area contributed by atoms with Gasteiger partial charge in [-0.15, -0.1) is 0 Å². The number of nitrogens with zero attached hydrogens (tertiary/aromatic N) is 1. The molecule has 0 heterocycles. The Labute approximate surface area is 73.5 Å². The molecule has 0 saturated carbocycles.